The second kappa shape index (κ2) is 4.84. The molecule has 0 spiro atoms. The summed E-state index contributed by atoms with van der Waals surface area (Å²) >= 11 is 0. The fraction of sp³-hybridized carbons (Fsp3) is 0.500. The number of carbonyl (C=O) groups is 2. The van der Waals surface area contributed by atoms with Gasteiger partial charge in [0.2, 0.25) is 5.91 Å². The maximum Gasteiger partial charge on any atom is 0.309 e. The number of nitrogens with one attached hydrogen (secondary N) is 1. The number of fused-ring (bicyclic) bond motifs is 1. The lowest BCUT2D eigenvalue weighted by Crippen LogP contribution is -2.27. The molecule has 5 heteroatoms. The van der Waals surface area contributed by atoms with Crippen molar-refractivity contribution < 1.29 is 19.8 Å². The lowest BCUT2D eigenvalue weighted by molar-refractivity contribution is -0.148. The molecule has 1 aliphatic heterocycles. The molecule has 5 nitrogen and oxygen atoms in total. The van der Waals surface area contributed by atoms with Crippen molar-refractivity contribution in [2.24, 2.45) is 5.41 Å². The molecule has 3 N–H and O–H groups in total. The van der Waals surface area contributed by atoms with E-state index in [1.54, 1.807) is 32.0 Å². The van der Waals surface area contributed by atoms with Crippen LogP contribution in [0.25, 0.3) is 0 Å². The first-order chi connectivity index (χ1) is 9.55. The summed E-state index contributed by atoms with van der Waals surface area (Å²) in [4.78, 5) is 23.1. The number of hydrogen-bond acceptors (Lipinski definition) is 3. The van der Waals surface area contributed by atoms with Gasteiger partial charge in [-0.3, -0.25) is 9.59 Å². The Morgan fingerprint density at radius 1 is 1.38 bits per heavy atom. The molecule has 0 saturated heterocycles. The Morgan fingerprint density at radius 2 is 2.00 bits per heavy atom. The van der Waals surface area contributed by atoms with E-state index in [2.05, 4.69) is 5.32 Å². The van der Waals surface area contributed by atoms with Crippen LogP contribution in [0.2, 0.25) is 0 Å². The molecule has 1 aromatic carbocycles. The molecule has 1 aliphatic rings. The van der Waals surface area contributed by atoms with Gasteiger partial charge in [0.1, 0.15) is 0 Å². The molecule has 0 aromatic heterocycles. The van der Waals surface area contributed by atoms with Crippen molar-refractivity contribution in [3.63, 3.8) is 0 Å². The first kappa shape index (κ1) is 15.5. The van der Waals surface area contributed by atoms with E-state index in [1.165, 1.54) is 0 Å². The number of rotatable bonds is 4. The minimum absolute atomic E-state index is 0.0741. The van der Waals surface area contributed by atoms with E-state index in [1.807, 2.05) is 13.8 Å². The standard InChI is InChI=1S/C16H21NO4/c1-15(2,14(20)21)8-12(18)9-5-6-11-10(7-9)16(3,4)13(19)17-11/h5-7,12,18H,8H2,1-4H3,(H,17,19)(H,20,21). The summed E-state index contributed by atoms with van der Waals surface area (Å²) in [5.74, 6) is -1.02. The number of anilines is 1. The second-order valence-corrected chi connectivity index (χ2v) is 6.79. The van der Waals surface area contributed by atoms with E-state index in [-0.39, 0.29) is 12.3 Å². The molecule has 1 amide bonds. The van der Waals surface area contributed by atoms with Crippen molar-refractivity contribution in [3.8, 4) is 0 Å². The number of carboxylic acids is 1. The highest BCUT2D eigenvalue weighted by Crippen LogP contribution is 2.40. The summed E-state index contributed by atoms with van der Waals surface area (Å²) in [6, 6.07) is 5.27. The van der Waals surface area contributed by atoms with Crippen LogP contribution in [0.3, 0.4) is 0 Å². The molecule has 1 aromatic rings. The summed E-state index contributed by atoms with van der Waals surface area (Å²) in [6.45, 7) is 6.82. The highest BCUT2D eigenvalue weighted by molar-refractivity contribution is 6.05. The van der Waals surface area contributed by atoms with Crippen LogP contribution < -0.4 is 5.32 Å². The first-order valence-electron chi connectivity index (χ1n) is 6.93. The molecule has 21 heavy (non-hydrogen) atoms. The average molecular weight is 291 g/mol. The number of aliphatic carboxylic acids is 1. The number of hydrogen-bond donors (Lipinski definition) is 3. The normalized spacial score (nSPS) is 18.0. The van der Waals surface area contributed by atoms with E-state index in [9.17, 15) is 14.7 Å². The van der Waals surface area contributed by atoms with E-state index in [0.29, 0.717) is 5.56 Å². The average Bonchev–Trinajstić information content (AvgIpc) is 2.59. The van der Waals surface area contributed by atoms with E-state index >= 15 is 0 Å². The third-order valence-corrected chi connectivity index (χ3v) is 4.20. The van der Waals surface area contributed by atoms with E-state index < -0.39 is 22.9 Å². The topological polar surface area (TPSA) is 86.6 Å². The molecule has 1 heterocycles. The Labute approximate surface area is 124 Å². The highest BCUT2D eigenvalue weighted by Gasteiger charge is 2.39. The van der Waals surface area contributed by atoms with Gasteiger partial charge in [-0.1, -0.05) is 12.1 Å². The third kappa shape index (κ3) is 2.65. The molecule has 0 aliphatic carbocycles. The Morgan fingerprint density at radius 3 is 2.57 bits per heavy atom. The SMILES string of the molecule is CC(C)(CC(O)c1ccc2c(c1)C(C)(C)C(=O)N2)C(=O)O. The molecule has 1 unspecified atom stereocenters. The number of carbonyl (C=O) groups excluding carboxylic acids is 1. The predicted molar refractivity (Wildman–Crippen MR) is 79.1 cm³/mol. The minimum atomic E-state index is -1.01. The van der Waals surface area contributed by atoms with Crippen LogP contribution in [0.4, 0.5) is 5.69 Å². The van der Waals surface area contributed by atoms with Gasteiger partial charge in [-0.05, 0) is 51.3 Å². The molecule has 0 radical (unpaired) electrons. The zero-order chi connectivity index (χ0) is 16.0. The summed E-state index contributed by atoms with van der Waals surface area (Å²) in [6.07, 6.45) is -0.768. The summed E-state index contributed by atoms with van der Waals surface area (Å²) in [5.41, 5.74) is 0.554. The quantitative estimate of drug-likeness (QED) is 0.795. The zero-order valence-corrected chi connectivity index (χ0v) is 12.7. The Balaban J connectivity index is 2.30. The van der Waals surface area contributed by atoms with Crippen LogP contribution in [-0.2, 0) is 15.0 Å². The monoisotopic (exact) mass is 291 g/mol. The predicted octanol–water partition coefficient (Wildman–Crippen LogP) is 2.45. The summed E-state index contributed by atoms with van der Waals surface area (Å²) in [7, 11) is 0. The maximum absolute atomic E-state index is 11.9. The van der Waals surface area contributed by atoms with E-state index in [4.69, 9.17) is 5.11 Å². The Hall–Kier alpha value is -1.88. The first-order valence-corrected chi connectivity index (χ1v) is 6.93. The number of aliphatic hydroxyl groups is 1. The smallest absolute Gasteiger partial charge is 0.309 e. The number of amides is 1. The van der Waals surface area contributed by atoms with Gasteiger partial charge in [0.15, 0.2) is 0 Å². The molecule has 0 saturated carbocycles. The fourth-order valence-corrected chi connectivity index (χ4v) is 2.48. The number of aliphatic hydroxyl groups excluding tert-OH is 1. The lowest BCUT2D eigenvalue weighted by Gasteiger charge is -2.24. The van der Waals surface area contributed by atoms with Crippen molar-refractivity contribution in [3.05, 3.63) is 29.3 Å². The second-order valence-electron chi connectivity index (χ2n) is 6.79. The van der Waals surface area contributed by atoms with Gasteiger partial charge >= 0.3 is 5.97 Å². The van der Waals surface area contributed by atoms with Crippen molar-refractivity contribution >= 4 is 17.6 Å². The maximum atomic E-state index is 11.9. The van der Waals surface area contributed by atoms with Gasteiger partial charge in [0.25, 0.3) is 0 Å². The zero-order valence-electron chi connectivity index (χ0n) is 12.7. The van der Waals surface area contributed by atoms with Crippen molar-refractivity contribution in [1.29, 1.82) is 0 Å². The Bertz CT molecular complexity index is 604. The Kier molecular flexibility index (Phi) is 3.58. The molecule has 0 fully saturated rings. The van der Waals surface area contributed by atoms with Crippen LogP contribution in [0.5, 0.6) is 0 Å². The largest absolute Gasteiger partial charge is 0.481 e. The van der Waals surface area contributed by atoms with E-state index in [0.717, 1.165) is 11.3 Å². The highest BCUT2D eigenvalue weighted by atomic mass is 16.4. The molecule has 2 rings (SSSR count). The van der Waals surface area contributed by atoms with Crippen LogP contribution in [0, 0.1) is 5.41 Å². The van der Waals surface area contributed by atoms with Gasteiger partial charge in [-0.2, -0.15) is 0 Å². The number of benzene rings is 1. The van der Waals surface area contributed by atoms with Gasteiger partial charge < -0.3 is 15.5 Å². The lowest BCUT2D eigenvalue weighted by atomic mass is 9.82. The molecular weight excluding hydrogens is 270 g/mol. The molecule has 0 bridgehead atoms. The minimum Gasteiger partial charge on any atom is -0.481 e. The molecule has 114 valence electrons. The van der Waals surface area contributed by atoms with Crippen molar-refractivity contribution in [1.82, 2.24) is 0 Å². The van der Waals surface area contributed by atoms with Crippen LogP contribution in [0.1, 0.15) is 51.3 Å². The van der Waals surface area contributed by atoms with Crippen LogP contribution in [-0.4, -0.2) is 22.1 Å². The number of carboxylic acid groups (broad SMARTS) is 1. The van der Waals surface area contributed by atoms with Gasteiger partial charge in [0.05, 0.1) is 16.9 Å². The fourth-order valence-electron chi connectivity index (χ4n) is 2.48. The molecular formula is C16H21NO4. The van der Waals surface area contributed by atoms with Crippen molar-refractivity contribution in [2.45, 2.75) is 45.6 Å². The molecule has 1 atom stereocenters. The van der Waals surface area contributed by atoms with Gasteiger partial charge in [-0.15, -0.1) is 0 Å². The van der Waals surface area contributed by atoms with Crippen molar-refractivity contribution in [2.75, 3.05) is 5.32 Å². The summed E-state index contributed by atoms with van der Waals surface area (Å²) in [5, 5.41) is 22.3. The van der Waals surface area contributed by atoms with Gasteiger partial charge in [0, 0.05) is 5.69 Å². The summed E-state index contributed by atoms with van der Waals surface area (Å²) < 4.78 is 0. The van der Waals surface area contributed by atoms with Crippen LogP contribution >= 0.6 is 0 Å². The third-order valence-electron chi connectivity index (χ3n) is 4.20. The van der Waals surface area contributed by atoms with Gasteiger partial charge in [-0.25, -0.2) is 0 Å². The van der Waals surface area contributed by atoms with Crippen LogP contribution in [0.15, 0.2) is 18.2 Å².